The SMILES string of the molecule is COc1cc2c(cc1CNC(=O)[C@@H]1CN(C)c3ccccc3O1)CCC2. The first-order valence-electron chi connectivity index (χ1n) is 9.09. The van der Waals surface area contributed by atoms with E-state index < -0.39 is 6.10 Å². The van der Waals surface area contributed by atoms with Gasteiger partial charge in [0, 0.05) is 19.2 Å². The molecule has 2 aliphatic rings. The predicted molar refractivity (Wildman–Crippen MR) is 101 cm³/mol. The van der Waals surface area contributed by atoms with Crippen molar-refractivity contribution in [1.82, 2.24) is 5.32 Å². The first-order chi connectivity index (χ1) is 12.7. The third-order valence-electron chi connectivity index (χ3n) is 5.23. The van der Waals surface area contributed by atoms with Crippen LogP contribution in [0.3, 0.4) is 0 Å². The molecule has 2 aromatic carbocycles. The van der Waals surface area contributed by atoms with Crippen molar-refractivity contribution >= 4 is 11.6 Å². The van der Waals surface area contributed by atoms with Crippen molar-refractivity contribution in [2.24, 2.45) is 0 Å². The summed E-state index contributed by atoms with van der Waals surface area (Å²) in [5.41, 5.74) is 4.77. The fourth-order valence-corrected chi connectivity index (χ4v) is 3.82. The minimum absolute atomic E-state index is 0.103. The van der Waals surface area contributed by atoms with E-state index >= 15 is 0 Å². The van der Waals surface area contributed by atoms with Gasteiger partial charge < -0.3 is 19.7 Å². The molecule has 5 nitrogen and oxygen atoms in total. The summed E-state index contributed by atoms with van der Waals surface area (Å²) in [4.78, 5) is 14.7. The molecule has 1 atom stereocenters. The van der Waals surface area contributed by atoms with Crippen molar-refractivity contribution in [3.8, 4) is 11.5 Å². The molecule has 0 saturated heterocycles. The number of methoxy groups -OCH3 is 1. The minimum atomic E-state index is -0.518. The minimum Gasteiger partial charge on any atom is -0.496 e. The van der Waals surface area contributed by atoms with Crippen molar-refractivity contribution in [3.63, 3.8) is 0 Å². The van der Waals surface area contributed by atoms with Crippen molar-refractivity contribution in [2.75, 3.05) is 25.6 Å². The average molecular weight is 352 g/mol. The second-order valence-corrected chi connectivity index (χ2v) is 6.96. The van der Waals surface area contributed by atoms with E-state index in [2.05, 4.69) is 22.3 Å². The van der Waals surface area contributed by atoms with E-state index in [9.17, 15) is 4.79 Å². The maximum Gasteiger partial charge on any atom is 0.263 e. The maximum atomic E-state index is 12.7. The summed E-state index contributed by atoms with van der Waals surface area (Å²) < 4.78 is 11.4. The lowest BCUT2D eigenvalue weighted by Crippen LogP contribution is -2.47. The van der Waals surface area contributed by atoms with Crippen LogP contribution in [0, 0.1) is 0 Å². The van der Waals surface area contributed by atoms with Gasteiger partial charge in [-0.3, -0.25) is 4.79 Å². The van der Waals surface area contributed by atoms with Gasteiger partial charge in [0.15, 0.2) is 6.10 Å². The van der Waals surface area contributed by atoms with Crippen LogP contribution in [0.5, 0.6) is 11.5 Å². The number of anilines is 1. The highest BCUT2D eigenvalue weighted by atomic mass is 16.5. The van der Waals surface area contributed by atoms with Gasteiger partial charge in [-0.2, -0.15) is 0 Å². The molecular formula is C21H24N2O3. The Morgan fingerprint density at radius 3 is 2.85 bits per heavy atom. The van der Waals surface area contributed by atoms with Crippen molar-refractivity contribution in [3.05, 3.63) is 53.1 Å². The van der Waals surface area contributed by atoms with Crippen LogP contribution in [0.25, 0.3) is 0 Å². The molecule has 0 bridgehead atoms. The van der Waals surface area contributed by atoms with Gasteiger partial charge >= 0.3 is 0 Å². The number of aryl methyl sites for hydroxylation is 2. The summed E-state index contributed by atoms with van der Waals surface area (Å²) in [6.07, 6.45) is 2.89. The molecule has 5 heteroatoms. The molecule has 1 amide bonds. The average Bonchev–Trinajstić information content (AvgIpc) is 3.12. The number of carbonyl (C=O) groups is 1. The zero-order chi connectivity index (χ0) is 18.1. The van der Waals surface area contributed by atoms with Crippen LogP contribution >= 0.6 is 0 Å². The standard InChI is InChI=1S/C21H24N2O3/c1-23-13-20(26-18-9-4-3-8-17(18)23)21(24)22-12-16-10-14-6-5-7-15(14)11-19(16)25-2/h3-4,8-11,20H,5-7,12-13H2,1-2H3,(H,22,24)/t20-/m0/s1. The first kappa shape index (κ1) is 16.8. The van der Waals surface area contributed by atoms with Gasteiger partial charge in [0.1, 0.15) is 11.5 Å². The van der Waals surface area contributed by atoms with Crippen LogP contribution < -0.4 is 19.7 Å². The number of para-hydroxylation sites is 2. The van der Waals surface area contributed by atoms with Gasteiger partial charge in [-0.25, -0.2) is 0 Å². The highest BCUT2D eigenvalue weighted by molar-refractivity contribution is 5.83. The van der Waals surface area contributed by atoms with E-state index in [1.165, 1.54) is 17.5 Å². The van der Waals surface area contributed by atoms with E-state index in [1.54, 1.807) is 7.11 Å². The Kier molecular flexibility index (Phi) is 4.45. The largest absolute Gasteiger partial charge is 0.496 e. The van der Waals surface area contributed by atoms with Crippen LogP contribution in [0.15, 0.2) is 36.4 Å². The Hall–Kier alpha value is -2.69. The van der Waals surface area contributed by atoms with Gasteiger partial charge in [-0.1, -0.05) is 18.2 Å². The quantitative estimate of drug-likeness (QED) is 0.919. The van der Waals surface area contributed by atoms with Gasteiger partial charge in [-0.15, -0.1) is 0 Å². The Balaban J connectivity index is 1.45. The molecule has 1 aliphatic heterocycles. The highest BCUT2D eigenvalue weighted by Crippen LogP contribution is 2.32. The summed E-state index contributed by atoms with van der Waals surface area (Å²) in [6.45, 7) is 0.977. The van der Waals surface area contributed by atoms with E-state index in [4.69, 9.17) is 9.47 Å². The third kappa shape index (κ3) is 3.09. The fourth-order valence-electron chi connectivity index (χ4n) is 3.82. The van der Waals surface area contributed by atoms with Gasteiger partial charge in [0.05, 0.1) is 19.3 Å². The summed E-state index contributed by atoms with van der Waals surface area (Å²) in [7, 11) is 3.66. The zero-order valence-electron chi connectivity index (χ0n) is 15.2. The maximum absolute atomic E-state index is 12.7. The van der Waals surface area contributed by atoms with E-state index in [1.807, 2.05) is 31.3 Å². The number of nitrogens with one attached hydrogen (secondary N) is 1. The lowest BCUT2D eigenvalue weighted by molar-refractivity contribution is -0.128. The van der Waals surface area contributed by atoms with E-state index in [0.717, 1.165) is 35.6 Å². The van der Waals surface area contributed by atoms with Crippen molar-refractivity contribution < 1.29 is 14.3 Å². The summed E-state index contributed by atoms with van der Waals surface area (Å²) >= 11 is 0. The Labute approximate surface area is 153 Å². The molecule has 0 fully saturated rings. The van der Waals surface area contributed by atoms with Crippen LogP contribution in [-0.4, -0.2) is 32.7 Å². The number of fused-ring (bicyclic) bond motifs is 2. The number of rotatable bonds is 4. The number of ether oxygens (including phenoxy) is 2. The number of amides is 1. The molecule has 2 aromatic rings. The number of hydrogen-bond donors (Lipinski definition) is 1. The van der Waals surface area contributed by atoms with Gasteiger partial charge in [0.2, 0.25) is 0 Å². The molecule has 4 rings (SSSR count). The molecule has 0 unspecified atom stereocenters. The molecule has 0 saturated carbocycles. The summed E-state index contributed by atoms with van der Waals surface area (Å²) in [6, 6.07) is 12.1. The Morgan fingerprint density at radius 2 is 2.04 bits per heavy atom. The number of benzene rings is 2. The predicted octanol–water partition coefficient (Wildman–Crippen LogP) is 2.70. The second kappa shape index (κ2) is 6.90. The van der Waals surface area contributed by atoms with Crippen molar-refractivity contribution in [2.45, 2.75) is 31.9 Å². The van der Waals surface area contributed by atoms with Crippen LogP contribution in [0.4, 0.5) is 5.69 Å². The summed E-state index contributed by atoms with van der Waals surface area (Å²) in [5.74, 6) is 1.49. The molecule has 26 heavy (non-hydrogen) atoms. The fraction of sp³-hybridized carbons (Fsp3) is 0.381. The van der Waals surface area contributed by atoms with E-state index in [-0.39, 0.29) is 5.91 Å². The number of nitrogens with zero attached hydrogens (tertiary/aromatic N) is 1. The van der Waals surface area contributed by atoms with Crippen LogP contribution in [-0.2, 0) is 24.2 Å². The van der Waals surface area contributed by atoms with Crippen molar-refractivity contribution in [1.29, 1.82) is 0 Å². The van der Waals surface area contributed by atoms with E-state index in [0.29, 0.717) is 13.1 Å². The number of carbonyl (C=O) groups excluding carboxylic acids is 1. The molecule has 136 valence electrons. The molecule has 0 spiro atoms. The normalized spacial score (nSPS) is 17.9. The molecular weight excluding hydrogens is 328 g/mol. The van der Waals surface area contributed by atoms with Gasteiger partial charge in [-0.05, 0) is 48.6 Å². The molecule has 0 aromatic heterocycles. The number of hydrogen-bond acceptors (Lipinski definition) is 4. The zero-order valence-corrected chi connectivity index (χ0v) is 15.2. The third-order valence-corrected chi connectivity index (χ3v) is 5.23. The van der Waals surface area contributed by atoms with Crippen LogP contribution in [0.1, 0.15) is 23.1 Å². The Morgan fingerprint density at radius 1 is 1.27 bits per heavy atom. The second-order valence-electron chi connectivity index (χ2n) is 6.96. The number of likely N-dealkylation sites (N-methyl/N-ethyl adjacent to an activating group) is 1. The van der Waals surface area contributed by atoms with Gasteiger partial charge in [0.25, 0.3) is 5.91 Å². The topological polar surface area (TPSA) is 50.8 Å². The van der Waals surface area contributed by atoms with Crippen LogP contribution in [0.2, 0.25) is 0 Å². The first-order valence-corrected chi connectivity index (χ1v) is 9.09. The lowest BCUT2D eigenvalue weighted by Gasteiger charge is -2.33. The monoisotopic (exact) mass is 352 g/mol. The lowest BCUT2D eigenvalue weighted by atomic mass is 10.0. The molecule has 1 N–H and O–H groups in total. The Bertz CT molecular complexity index is 834. The molecule has 1 aliphatic carbocycles. The molecule has 1 heterocycles. The highest BCUT2D eigenvalue weighted by Gasteiger charge is 2.29. The smallest absolute Gasteiger partial charge is 0.263 e. The molecule has 0 radical (unpaired) electrons. The summed E-state index contributed by atoms with van der Waals surface area (Å²) in [5, 5.41) is 3.02.